The first kappa shape index (κ1) is 20.3. The fourth-order valence-electron chi connectivity index (χ4n) is 1.60. The third-order valence-corrected chi connectivity index (χ3v) is 4.59. The second-order valence-corrected chi connectivity index (χ2v) is 8.16. The van der Waals surface area contributed by atoms with Crippen molar-refractivity contribution in [2.45, 2.75) is 11.4 Å². The average molecular weight is 393 g/mol. The maximum atomic E-state index is 12.2. The van der Waals surface area contributed by atoms with Gasteiger partial charge in [0, 0.05) is 6.54 Å². The lowest BCUT2D eigenvalue weighted by molar-refractivity contribution is 0.0692. The molecule has 0 saturated carbocycles. The Bertz CT molecular complexity index is 934. The first-order valence-corrected chi connectivity index (χ1v) is 9.66. The molecule has 25 heavy (non-hydrogen) atoms. The van der Waals surface area contributed by atoms with Gasteiger partial charge in [-0.05, 0) is 17.7 Å². The molecule has 14 heteroatoms. The van der Waals surface area contributed by atoms with Crippen LogP contribution >= 0.6 is 0 Å². The van der Waals surface area contributed by atoms with Crippen LogP contribution in [0.3, 0.4) is 0 Å². The largest absolute Gasteiger partial charge is 0.478 e. The number of amides is 2. The summed E-state index contributed by atoms with van der Waals surface area (Å²) >= 11 is 0. The maximum absolute atomic E-state index is 12.2. The molecule has 0 aromatic heterocycles. The molecule has 0 heterocycles. The second kappa shape index (κ2) is 7.45. The van der Waals surface area contributed by atoms with Crippen LogP contribution < -0.4 is 20.9 Å². The van der Waals surface area contributed by atoms with Crippen molar-refractivity contribution in [3.05, 3.63) is 29.3 Å². The topological polar surface area (TPSA) is 211 Å². The normalized spacial score (nSPS) is 11.6. The first-order valence-electron chi connectivity index (χ1n) is 6.29. The average Bonchev–Trinajstić information content (AvgIpc) is 2.42. The summed E-state index contributed by atoms with van der Waals surface area (Å²) in [7, 11) is -8.19. The molecule has 1 aromatic rings. The van der Waals surface area contributed by atoms with E-state index in [1.54, 1.807) is 0 Å². The Kier molecular flexibility index (Phi) is 6.06. The van der Waals surface area contributed by atoms with E-state index in [0.717, 1.165) is 18.4 Å². The molecule has 138 valence electrons. The van der Waals surface area contributed by atoms with Gasteiger partial charge >= 0.3 is 12.0 Å². The number of aromatic carboxylic acids is 1. The molecule has 7 N–H and O–H groups in total. The number of carboxylic acid groups (broad SMARTS) is 1. The Morgan fingerprint density at radius 3 is 2.28 bits per heavy atom. The predicted molar refractivity (Wildman–Crippen MR) is 86.6 cm³/mol. The van der Waals surface area contributed by atoms with Crippen LogP contribution in [-0.2, 0) is 26.6 Å². The van der Waals surface area contributed by atoms with Gasteiger partial charge in [0.1, 0.15) is 4.90 Å². The fourth-order valence-corrected chi connectivity index (χ4v) is 3.17. The van der Waals surface area contributed by atoms with E-state index < -0.39 is 48.5 Å². The van der Waals surface area contributed by atoms with Crippen molar-refractivity contribution in [1.29, 1.82) is 0 Å². The number of urea groups is 1. The second-order valence-electron chi connectivity index (χ2n) is 4.68. The molecule has 1 rings (SSSR count). The van der Waals surface area contributed by atoms with Crippen LogP contribution in [0.15, 0.2) is 28.1 Å². The molecule has 0 fully saturated rings. The lowest BCUT2D eigenvalue weighted by atomic mass is 10.1. The zero-order valence-corrected chi connectivity index (χ0v) is 14.4. The third kappa shape index (κ3) is 6.36. The van der Waals surface area contributed by atoms with Gasteiger partial charge in [0.25, 0.3) is 10.0 Å². The molecule has 0 unspecified atom stereocenters. The lowest BCUT2D eigenvalue weighted by Gasteiger charge is -2.10. The minimum absolute atomic E-state index is 0.144. The number of sulfonamides is 2. The van der Waals surface area contributed by atoms with E-state index in [-0.39, 0.29) is 12.1 Å². The molecule has 1 aromatic carbocycles. The van der Waals surface area contributed by atoms with Gasteiger partial charge in [0.2, 0.25) is 10.0 Å². The minimum Gasteiger partial charge on any atom is -0.478 e. The lowest BCUT2D eigenvalue weighted by Crippen LogP contribution is -2.33. The highest BCUT2D eigenvalue weighted by atomic mass is 32.2. The zero-order chi connectivity index (χ0) is 19.4. The van der Waals surface area contributed by atoms with Gasteiger partial charge in [0.05, 0.1) is 11.8 Å². The number of carboxylic acids is 1. The highest BCUT2D eigenvalue weighted by Crippen LogP contribution is 2.18. The van der Waals surface area contributed by atoms with Crippen LogP contribution in [0.4, 0.5) is 4.79 Å². The van der Waals surface area contributed by atoms with Crippen molar-refractivity contribution < 1.29 is 31.5 Å². The van der Waals surface area contributed by atoms with Crippen LogP contribution in [0.5, 0.6) is 0 Å². The van der Waals surface area contributed by atoms with E-state index in [4.69, 9.17) is 16.6 Å². The van der Waals surface area contributed by atoms with Gasteiger partial charge in [-0.3, -0.25) is 0 Å². The fraction of sp³-hybridized carbons (Fsp3) is 0.182. The quantitative estimate of drug-likeness (QED) is 0.269. The predicted octanol–water partition coefficient (Wildman–Crippen LogP) is -1.89. The minimum atomic E-state index is -4.63. The number of hydrogen-bond acceptors (Lipinski definition) is 6. The zero-order valence-electron chi connectivity index (χ0n) is 12.8. The smallest absolute Gasteiger partial charge is 0.358 e. The Labute approximate surface area is 143 Å². The standard InChI is InChI=1S/C11H15N5O7S2/c1-24(20,21)14-5-6-2-3-7(9(17)18)8(4-6)25(22,23)16-11(19)15-10(12)13/h2-4,14H,5H2,1H3,(H,17,18)(H5,12,13,15,16,19). The number of benzene rings is 1. The van der Waals surface area contributed by atoms with Crippen molar-refractivity contribution in [2.24, 2.45) is 16.5 Å². The molecule has 0 bridgehead atoms. The van der Waals surface area contributed by atoms with Gasteiger partial charge in [-0.15, -0.1) is 0 Å². The van der Waals surface area contributed by atoms with Crippen LogP contribution in [0, 0.1) is 0 Å². The highest BCUT2D eigenvalue weighted by Gasteiger charge is 2.25. The van der Waals surface area contributed by atoms with E-state index in [1.807, 2.05) is 0 Å². The Morgan fingerprint density at radius 1 is 1.20 bits per heavy atom. The van der Waals surface area contributed by atoms with Gasteiger partial charge in [-0.2, -0.15) is 4.99 Å². The molecule has 0 atom stereocenters. The Hall–Kier alpha value is -2.71. The summed E-state index contributed by atoms with van der Waals surface area (Å²) in [5, 5.41) is 9.10. The molecule has 12 nitrogen and oxygen atoms in total. The van der Waals surface area contributed by atoms with Crippen molar-refractivity contribution in [2.75, 3.05) is 6.26 Å². The summed E-state index contributed by atoms with van der Waals surface area (Å²) in [6.45, 7) is -0.289. The number of carbonyl (C=O) groups excluding carboxylic acids is 1. The molecule has 0 aliphatic carbocycles. The molecule has 0 saturated heterocycles. The summed E-state index contributed by atoms with van der Waals surface area (Å²) in [6, 6.07) is 1.67. The van der Waals surface area contributed by atoms with Crippen molar-refractivity contribution in [1.82, 2.24) is 9.44 Å². The summed E-state index contributed by atoms with van der Waals surface area (Å²) in [4.78, 5) is 24.8. The van der Waals surface area contributed by atoms with Gasteiger partial charge in [-0.25, -0.2) is 35.9 Å². The maximum Gasteiger partial charge on any atom is 0.358 e. The van der Waals surface area contributed by atoms with Crippen molar-refractivity contribution >= 4 is 38.0 Å². The van der Waals surface area contributed by atoms with E-state index in [9.17, 15) is 26.4 Å². The highest BCUT2D eigenvalue weighted by molar-refractivity contribution is 7.90. The summed E-state index contributed by atoms with van der Waals surface area (Å²) in [6.07, 6.45) is 0.895. The summed E-state index contributed by atoms with van der Waals surface area (Å²) in [5.41, 5.74) is 9.40. The number of nitrogens with zero attached hydrogens (tertiary/aromatic N) is 1. The number of hydrogen-bond donors (Lipinski definition) is 5. The van der Waals surface area contributed by atoms with E-state index in [0.29, 0.717) is 0 Å². The Morgan fingerprint density at radius 2 is 1.80 bits per heavy atom. The van der Waals surface area contributed by atoms with Crippen LogP contribution in [0.25, 0.3) is 0 Å². The van der Waals surface area contributed by atoms with Crippen LogP contribution in [0.2, 0.25) is 0 Å². The van der Waals surface area contributed by atoms with E-state index in [1.165, 1.54) is 10.8 Å². The van der Waals surface area contributed by atoms with Crippen LogP contribution in [-0.4, -0.2) is 46.2 Å². The molecular formula is C11H15N5O7S2. The SMILES string of the molecule is CS(=O)(=O)NCc1ccc(C(=O)O)c(S(=O)(=O)NC(=O)N=C(N)N)c1. The number of nitrogens with two attached hydrogens (primary N) is 2. The van der Waals surface area contributed by atoms with Gasteiger partial charge in [-0.1, -0.05) is 6.07 Å². The van der Waals surface area contributed by atoms with E-state index in [2.05, 4.69) is 9.71 Å². The number of rotatable bonds is 6. The van der Waals surface area contributed by atoms with Gasteiger partial charge in [0.15, 0.2) is 5.96 Å². The van der Waals surface area contributed by atoms with Crippen molar-refractivity contribution in [3.63, 3.8) is 0 Å². The van der Waals surface area contributed by atoms with E-state index >= 15 is 0 Å². The number of guanidine groups is 1. The number of carbonyl (C=O) groups is 2. The number of aliphatic imine (C=N–C) groups is 1. The molecule has 2 amide bonds. The number of nitrogens with one attached hydrogen (secondary N) is 2. The molecular weight excluding hydrogens is 378 g/mol. The van der Waals surface area contributed by atoms with Crippen LogP contribution in [0.1, 0.15) is 15.9 Å². The summed E-state index contributed by atoms with van der Waals surface area (Å²) in [5.74, 6) is -2.27. The van der Waals surface area contributed by atoms with Crippen molar-refractivity contribution in [3.8, 4) is 0 Å². The molecule has 0 spiro atoms. The molecule has 0 aliphatic heterocycles. The molecule has 0 radical (unpaired) electrons. The monoisotopic (exact) mass is 393 g/mol. The Balaban J connectivity index is 3.31. The summed E-state index contributed by atoms with van der Waals surface area (Å²) < 4.78 is 50.2. The van der Waals surface area contributed by atoms with Gasteiger partial charge < -0.3 is 16.6 Å². The molecule has 0 aliphatic rings. The third-order valence-electron chi connectivity index (χ3n) is 2.56. The first-order chi connectivity index (χ1) is 11.3.